The molecule has 0 aliphatic carbocycles. The van der Waals surface area contributed by atoms with Gasteiger partial charge in [0.05, 0.1) is 12.7 Å². The highest BCUT2D eigenvalue weighted by Crippen LogP contribution is 2.24. The number of carbonyl (C=O) groups excluding carboxylic acids is 1. The molecule has 166 valence electrons. The average Bonchev–Trinajstić information content (AvgIpc) is 2.84. The first kappa shape index (κ1) is 21.7. The number of hydrogen-bond acceptors (Lipinski definition) is 4. The maximum Gasteiger partial charge on any atom is 0.255 e. The Morgan fingerprint density at radius 3 is 2.38 bits per heavy atom. The molecule has 0 aromatic heterocycles. The first-order chi connectivity index (χ1) is 15.6. The van der Waals surface area contributed by atoms with Crippen LogP contribution >= 0.6 is 0 Å². The number of methoxy groups -OCH3 is 1. The van der Waals surface area contributed by atoms with Crippen LogP contribution in [0.15, 0.2) is 72.8 Å². The second-order valence-electron chi connectivity index (χ2n) is 7.84. The van der Waals surface area contributed by atoms with E-state index >= 15 is 0 Å². The summed E-state index contributed by atoms with van der Waals surface area (Å²) >= 11 is 0. The maximum atomic E-state index is 13.1. The summed E-state index contributed by atoms with van der Waals surface area (Å²) in [6.07, 6.45) is 1.74. The van der Waals surface area contributed by atoms with Gasteiger partial charge in [-0.05, 0) is 66.9 Å². The fourth-order valence-electron chi connectivity index (χ4n) is 3.86. The van der Waals surface area contributed by atoms with E-state index in [1.807, 2.05) is 24.3 Å². The van der Waals surface area contributed by atoms with Crippen molar-refractivity contribution in [3.05, 3.63) is 89.7 Å². The van der Waals surface area contributed by atoms with Crippen molar-refractivity contribution in [1.82, 2.24) is 5.32 Å². The third-order valence-corrected chi connectivity index (χ3v) is 5.71. The summed E-state index contributed by atoms with van der Waals surface area (Å²) in [5.41, 5.74) is 2.51. The zero-order valence-corrected chi connectivity index (χ0v) is 18.1. The minimum Gasteiger partial charge on any atom is -0.497 e. The minimum absolute atomic E-state index is 0.113. The Morgan fingerprint density at radius 1 is 1.00 bits per heavy atom. The molecular weight excluding hydrogens is 407 g/mol. The standard InChI is InChI=1S/C26H27FN2O3/c1-31-23-12-10-22(11-13-23)29-16-14-21(15-17-29)28-26(30)24-4-2-3-5-25(24)32-18-19-6-8-20(27)9-7-19/h2-13,21H,14-18H2,1H3,(H,28,30). The van der Waals surface area contributed by atoms with E-state index in [1.54, 1.807) is 31.4 Å². The zero-order valence-electron chi connectivity index (χ0n) is 18.1. The van der Waals surface area contributed by atoms with Gasteiger partial charge in [-0.15, -0.1) is 0 Å². The van der Waals surface area contributed by atoms with Gasteiger partial charge in [0.1, 0.15) is 23.9 Å². The number of ether oxygens (including phenoxy) is 2. The lowest BCUT2D eigenvalue weighted by Crippen LogP contribution is -2.44. The van der Waals surface area contributed by atoms with Crippen LogP contribution in [0.5, 0.6) is 11.5 Å². The van der Waals surface area contributed by atoms with Gasteiger partial charge < -0.3 is 19.7 Å². The molecule has 3 aromatic rings. The lowest BCUT2D eigenvalue weighted by molar-refractivity contribution is 0.0926. The molecule has 32 heavy (non-hydrogen) atoms. The van der Waals surface area contributed by atoms with Gasteiger partial charge in [0.2, 0.25) is 0 Å². The van der Waals surface area contributed by atoms with Crippen molar-refractivity contribution >= 4 is 11.6 Å². The highest BCUT2D eigenvalue weighted by Gasteiger charge is 2.22. The first-order valence-corrected chi connectivity index (χ1v) is 10.8. The number of para-hydroxylation sites is 1. The molecule has 1 fully saturated rings. The van der Waals surface area contributed by atoms with Crippen molar-refractivity contribution in [2.24, 2.45) is 0 Å². The van der Waals surface area contributed by atoms with Gasteiger partial charge in [0.15, 0.2) is 0 Å². The number of halogens is 1. The van der Waals surface area contributed by atoms with Gasteiger partial charge in [-0.2, -0.15) is 0 Å². The van der Waals surface area contributed by atoms with Gasteiger partial charge >= 0.3 is 0 Å². The van der Waals surface area contributed by atoms with Gasteiger partial charge in [-0.1, -0.05) is 24.3 Å². The fourth-order valence-corrected chi connectivity index (χ4v) is 3.86. The zero-order chi connectivity index (χ0) is 22.3. The van der Waals surface area contributed by atoms with E-state index in [-0.39, 0.29) is 24.4 Å². The summed E-state index contributed by atoms with van der Waals surface area (Å²) in [7, 11) is 1.66. The molecule has 1 aliphatic heterocycles. The highest BCUT2D eigenvalue weighted by molar-refractivity contribution is 5.97. The number of nitrogens with one attached hydrogen (secondary N) is 1. The van der Waals surface area contributed by atoms with Gasteiger partial charge in [-0.3, -0.25) is 4.79 Å². The lowest BCUT2D eigenvalue weighted by atomic mass is 10.0. The van der Waals surface area contributed by atoms with Crippen LogP contribution in [-0.4, -0.2) is 32.1 Å². The van der Waals surface area contributed by atoms with E-state index in [1.165, 1.54) is 12.1 Å². The molecule has 1 aliphatic rings. The van der Waals surface area contributed by atoms with Crippen molar-refractivity contribution in [2.45, 2.75) is 25.5 Å². The third kappa shape index (κ3) is 5.38. The number of amides is 1. The fraction of sp³-hybridized carbons (Fsp3) is 0.269. The normalized spacial score (nSPS) is 14.1. The summed E-state index contributed by atoms with van der Waals surface area (Å²) < 4.78 is 24.2. The molecule has 1 N–H and O–H groups in total. The van der Waals surface area contributed by atoms with Crippen LogP contribution in [0.25, 0.3) is 0 Å². The number of benzene rings is 3. The summed E-state index contributed by atoms with van der Waals surface area (Å²) in [5.74, 6) is 0.940. The number of anilines is 1. The van der Waals surface area contributed by atoms with Crippen molar-refractivity contribution in [3.63, 3.8) is 0 Å². The Bertz CT molecular complexity index is 1030. The van der Waals surface area contributed by atoms with E-state index in [2.05, 4.69) is 22.3 Å². The summed E-state index contributed by atoms with van der Waals surface area (Å²) in [4.78, 5) is 15.3. The summed E-state index contributed by atoms with van der Waals surface area (Å²) in [6, 6.07) is 21.5. The molecule has 3 aromatic carbocycles. The lowest BCUT2D eigenvalue weighted by Gasteiger charge is -2.34. The van der Waals surface area contributed by atoms with Crippen LogP contribution < -0.4 is 19.7 Å². The molecular formula is C26H27FN2O3. The molecule has 4 rings (SSSR count). The van der Waals surface area contributed by atoms with Crippen LogP contribution in [-0.2, 0) is 6.61 Å². The van der Waals surface area contributed by atoms with Crippen LogP contribution in [0.2, 0.25) is 0 Å². The predicted octanol–water partition coefficient (Wildman–Crippen LogP) is 4.81. The maximum absolute atomic E-state index is 13.1. The van der Waals surface area contributed by atoms with Crippen LogP contribution in [0, 0.1) is 5.82 Å². The molecule has 0 unspecified atom stereocenters. The summed E-state index contributed by atoms with van der Waals surface area (Å²) in [6.45, 7) is 2.02. The molecule has 0 radical (unpaired) electrons. The molecule has 0 spiro atoms. The minimum atomic E-state index is -0.286. The summed E-state index contributed by atoms with van der Waals surface area (Å²) in [5, 5.41) is 3.16. The number of rotatable bonds is 7. The number of piperidine rings is 1. The van der Waals surface area contributed by atoms with E-state index < -0.39 is 0 Å². The smallest absolute Gasteiger partial charge is 0.255 e. The van der Waals surface area contributed by atoms with E-state index in [4.69, 9.17) is 9.47 Å². The monoisotopic (exact) mass is 434 g/mol. The molecule has 1 amide bonds. The Balaban J connectivity index is 1.32. The van der Waals surface area contributed by atoms with E-state index in [0.717, 1.165) is 42.9 Å². The Hall–Kier alpha value is -3.54. The molecule has 6 heteroatoms. The number of carbonyl (C=O) groups is 1. The topological polar surface area (TPSA) is 50.8 Å². The quantitative estimate of drug-likeness (QED) is 0.580. The van der Waals surface area contributed by atoms with Crippen LogP contribution in [0.1, 0.15) is 28.8 Å². The predicted molar refractivity (Wildman–Crippen MR) is 123 cm³/mol. The number of hydrogen-bond donors (Lipinski definition) is 1. The van der Waals surface area contributed by atoms with Crippen LogP contribution in [0.3, 0.4) is 0 Å². The average molecular weight is 435 g/mol. The Kier molecular flexibility index (Phi) is 6.90. The van der Waals surface area contributed by atoms with Gasteiger partial charge in [-0.25, -0.2) is 4.39 Å². The molecule has 0 saturated carbocycles. The van der Waals surface area contributed by atoms with E-state index in [9.17, 15) is 9.18 Å². The molecule has 0 bridgehead atoms. The molecule has 1 saturated heterocycles. The Morgan fingerprint density at radius 2 is 1.69 bits per heavy atom. The SMILES string of the molecule is COc1ccc(N2CCC(NC(=O)c3ccccc3OCc3ccc(F)cc3)CC2)cc1. The third-order valence-electron chi connectivity index (χ3n) is 5.71. The van der Waals surface area contributed by atoms with Crippen molar-refractivity contribution < 1.29 is 18.7 Å². The second kappa shape index (κ2) is 10.2. The van der Waals surface area contributed by atoms with Gasteiger partial charge in [0.25, 0.3) is 5.91 Å². The second-order valence-corrected chi connectivity index (χ2v) is 7.84. The van der Waals surface area contributed by atoms with Gasteiger partial charge in [0, 0.05) is 24.8 Å². The van der Waals surface area contributed by atoms with Crippen molar-refractivity contribution in [3.8, 4) is 11.5 Å². The molecule has 0 atom stereocenters. The van der Waals surface area contributed by atoms with E-state index in [0.29, 0.717) is 11.3 Å². The largest absolute Gasteiger partial charge is 0.497 e. The highest BCUT2D eigenvalue weighted by atomic mass is 19.1. The van der Waals surface area contributed by atoms with Crippen molar-refractivity contribution in [2.75, 3.05) is 25.1 Å². The number of nitrogens with zero attached hydrogens (tertiary/aromatic N) is 1. The van der Waals surface area contributed by atoms with Crippen LogP contribution in [0.4, 0.5) is 10.1 Å². The van der Waals surface area contributed by atoms with Crippen molar-refractivity contribution in [1.29, 1.82) is 0 Å². The Labute approximate surface area is 187 Å². The molecule has 5 nitrogen and oxygen atoms in total. The first-order valence-electron chi connectivity index (χ1n) is 10.8. The molecule has 1 heterocycles.